The van der Waals surface area contributed by atoms with Gasteiger partial charge >= 0.3 is 0 Å². The van der Waals surface area contributed by atoms with Crippen molar-refractivity contribution in [3.63, 3.8) is 0 Å². The van der Waals surface area contributed by atoms with Gasteiger partial charge in [0.15, 0.2) is 11.5 Å². The molecular formula is C20H23N7O2. The van der Waals surface area contributed by atoms with Gasteiger partial charge in [-0.3, -0.25) is 14.6 Å². The number of hydrogen-bond acceptors (Lipinski definition) is 7. The summed E-state index contributed by atoms with van der Waals surface area (Å²) < 4.78 is 0. The molecule has 0 fully saturated rings. The van der Waals surface area contributed by atoms with E-state index >= 15 is 0 Å². The van der Waals surface area contributed by atoms with Gasteiger partial charge in [0.25, 0.3) is 5.91 Å². The van der Waals surface area contributed by atoms with Gasteiger partial charge in [-0.25, -0.2) is 9.97 Å². The third kappa shape index (κ3) is 4.57. The number of pyridine rings is 1. The van der Waals surface area contributed by atoms with E-state index in [-0.39, 0.29) is 11.5 Å². The second kappa shape index (κ2) is 7.70. The van der Waals surface area contributed by atoms with E-state index in [0.717, 1.165) is 10.9 Å². The SMILES string of the molecule is CC(C)(C)[C@@H](Nc1cnc(C(N)=O)c(Nc2ccc3ncccc3c2)n1)C(N)=O. The molecule has 2 heterocycles. The van der Waals surface area contributed by atoms with Crippen LogP contribution in [0, 0.1) is 5.41 Å². The van der Waals surface area contributed by atoms with Gasteiger partial charge in [-0.05, 0) is 29.7 Å². The summed E-state index contributed by atoms with van der Waals surface area (Å²) in [4.78, 5) is 36.4. The van der Waals surface area contributed by atoms with E-state index in [1.165, 1.54) is 6.20 Å². The quantitative estimate of drug-likeness (QED) is 0.501. The highest BCUT2D eigenvalue weighted by Gasteiger charge is 2.30. The summed E-state index contributed by atoms with van der Waals surface area (Å²) in [6.07, 6.45) is 3.06. The van der Waals surface area contributed by atoms with Crippen LogP contribution in [0.15, 0.2) is 42.7 Å². The number of hydrogen-bond donors (Lipinski definition) is 4. The summed E-state index contributed by atoms with van der Waals surface area (Å²) in [7, 11) is 0. The molecule has 0 aliphatic heterocycles. The molecule has 1 aromatic carbocycles. The third-order valence-electron chi connectivity index (χ3n) is 4.31. The number of aromatic nitrogens is 3. The van der Waals surface area contributed by atoms with Gasteiger partial charge in [0.2, 0.25) is 5.91 Å². The van der Waals surface area contributed by atoms with Crippen molar-refractivity contribution in [1.29, 1.82) is 0 Å². The van der Waals surface area contributed by atoms with E-state index in [4.69, 9.17) is 11.5 Å². The fourth-order valence-electron chi connectivity index (χ4n) is 2.88. The van der Waals surface area contributed by atoms with E-state index in [9.17, 15) is 9.59 Å². The maximum atomic E-state index is 11.8. The van der Waals surface area contributed by atoms with Crippen molar-refractivity contribution < 1.29 is 9.59 Å². The number of rotatable bonds is 6. The van der Waals surface area contributed by atoms with E-state index in [1.54, 1.807) is 6.20 Å². The minimum atomic E-state index is -0.726. The largest absolute Gasteiger partial charge is 0.368 e. The number of nitrogens with two attached hydrogens (primary N) is 2. The molecule has 3 rings (SSSR count). The van der Waals surface area contributed by atoms with Crippen LogP contribution in [0.4, 0.5) is 17.3 Å². The smallest absolute Gasteiger partial charge is 0.271 e. The minimum absolute atomic E-state index is 0.0202. The molecule has 1 atom stereocenters. The van der Waals surface area contributed by atoms with E-state index in [1.807, 2.05) is 51.1 Å². The molecule has 0 spiro atoms. The highest BCUT2D eigenvalue weighted by molar-refractivity contribution is 5.97. The van der Waals surface area contributed by atoms with Crippen molar-refractivity contribution in [3.05, 3.63) is 48.4 Å². The molecule has 0 aliphatic rings. The van der Waals surface area contributed by atoms with Crippen LogP contribution in [0.1, 0.15) is 31.3 Å². The minimum Gasteiger partial charge on any atom is -0.368 e. The Morgan fingerprint density at radius 2 is 1.86 bits per heavy atom. The van der Waals surface area contributed by atoms with Crippen molar-refractivity contribution in [3.8, 4) is 0 Å². The first kappa shape index (κ1) is 20.0. The van der Waals surface area contributed by atoms with Gasteiger partial charge < -0.3 is 22.1 Å². The lowest BCUT2D eigenvalue weighted by atomic mass is 9.86. The average Bonchev–Trinajstić information content (AvgIpc) is 2.65. The second-order valence-corrected chi connectivity index (χ2v) is 7.70. The molecule has 0 aliphatic carbocycles. The molecule has 0 bridgehead atoms. The fraction of sp³-hybridized carbons (Fsp3) is 0.250. The van der Waals surface area contributed by atoms with E-state index < -0.39 is 23.3 Å². The van der Waals surface area contributed by atoms with Crippen LogP contribution in [0.3, 0.4) is 0 Å². The topological polar surface area (TPSA) is 149 Å². The summed E-state index contributed by atoms with van der Waals surface area (Å²) in [5.41, 5.74) is 12.0. The molecule has 29 heavy (non-hydrogen) atoms. The highest BCUT2D eigenvalue weighted by Crippen LogP contribution is 2.25. The molecular weight excluding hydrogens is 370 g/mol. The first-order valence-corrected chi connectivity index (χ1v) is 8.99. The monoisotopic (exact) mass is 393 g/mol. The predicted molar refractivity (Wildman–Crippen MR) is 112 cm³/mol. The van der Waals surface area contributed by atoms with E-state index in [2.05, 4.69) is 25.6 Å². The summed E-state index contributed by atoms with van der Waals surface area (Å²) in [5.74, 6) is -0.785. The van der Waals surface area contributed by atoms with Crippen LogP contribution in [0.5, 0.6) is 0 Å². The zero-order valence-corrected chi connectivity index (χ0v) is 16.4. The standard InChI is InChI=1S/C20H23N7O2/c1-20(2,3)16(18(22)29)26-14-10-24-15(17(21)28)19(27-14)25-12-6-7-13-11(9-12)5-4-8-23-13/h4-10,16H,1-3H3,(H2,21,28)(H2,22,29)(H2,25,26,27)/t16-/m0/s1. The molecule has 2 amide bonds. The molecule has 3 aromatic rings. The van der Waals surface area contributed by atoms with E-state index in [0.29, 0.717) is 11.5 Å². The Morgan fingerprint density at radius 3 is 2.52 bits per heavy atom. The van der Waals surface area contributed by atoms with Gasteiger partial charge in [0.05, 0.1) is 11.7 Å². The van der Waals surface area contributed by atoms with Crippen molar-refractivity contribution in [1.82, 2.24) is 15.0 Å². The van der Waals surface area contributed by atoms with Crippen molar-refractivity contribution in [2.24, 2.45) is 16.9 Å². The van der Waals surface area contributed by atoms with Crippen LogP contribution in [0.2, 0.25) is 0 Å². The Balaban J connectivity index is 1.96. The fourth-order valence-corrected chi connectivity index (χ4v) is 2.88. The number of nitrogens with zero attached hydrogens (tertiary/aromatic N) is 3. The Kier molecular flexibility index (Phi) is 5.31. The lowest BCUT2D eigenvalue weighted by molar-refractivity contribution is -0.120. The zero-order chi connectivity index (χ0) is 21.2. The number of fused-ring (bicyclic) bond motifs is 1. The van der Waals surface area contributed by atoms with Gasteiger partial charge in [-0.1, -0.05) is 26.8 Å². The van der Waals surface area contributed by atoms with Crippen LogP contribution >= 0.6 is 0 Å². The number of carbonyl (C=O) groups is 2. The summed E-state index contributed by atoms with van der Waals surface area (Å²) in [5, 5.41) is 6.98. The van der Waals surface area contributed by atoms with Crippen LogP contribution in [-0.2, 0) is 4.79 Å². The molecule has 9 nitrogen and oxygen atoms in total. The van der Waals surface area contributed by atoms with Crippen molar-refractivity contribution >= 4 is 40.0 Å². The molecule has 6 N–H and O–H groups in total. The van der Waals surface area contributed by atoms with Crippen molar-refractivity contribution in [2.45, 2.75) is 26.8 Å². The second-order valence-electron chi connectivity index (χ2n) is 7.70. The summed E-state index contributed by atoms with van der Waals surface area (Å²) in [6.45, 7) is 5.63. The molecule has 0 unspecified atom stereocenters. The molecule has 150 valence electrons. The van der Waals surface area contributed by atoms with Crippen LogP contribution in [0.25, 0.3) is 10.9 Å². The summed E-state index contributed by atoms with van der Waals surface area (Å²) >= 11 is 0. The maximum absolute atomic E-state index is 11.8. The van der Waals surface area contributed by atoms with Crippen LogP contribution in [-0.4, -0.2) is 32.8 Å². The van der Waals surface area contributed by atoms with Gasteiger partial charge in [-0.2, -0.15) is 0 Å². The number of carbonyl (C=O) groups excluding carboxylic acids is 2. The molecule has 0 saturated heterocycles. The molecule has 0 radical (unpaired) electrons. The number of primary amides is 2. The van der Waals surface area contributed by atoms with Crippen LogP contribution < -0.4 is 22.1 Å². The van der Waals surface area contributed by atoms with Crippen molar-refractivity contribution in [2.75, 3.05) is 10.6 Å². The predicted octanol–water partition coefficient (Wildman–Crippen LogP) is 2.18. The first-order chi connectivity index (χ1) is 13.6. The average molecular weight is 393 g/mol. The number of amides is 2. The third-order valence-corrected chi connectivity index (χ3v) is 4.31. The number of anilines is 3. The van der Waals surface area contributed by atoms with Gasteiger partial charge in [0.1, 0.15) is 11.9 Å². The number of nitrogens with one attached hydrogen (secondary N) is 2. The molecule has 2 aromatic heterocycles. The Labute approximate surface area is 167 Å². The van der Waals surface area contributed by atoms with Gasteiger partial charge in [0, 0.05) is 17.3 Å². The maximum Gasteiger partial charge on any atom is 0.271 e. The van der Waals surface area contributed by atoms with Gasteiger partial charge in [-0.15, -0.1) is 0 Å². The Bertz CT molecular complexity index is 1080. The normalized spacial score (nSPS) is 12.4. The highest BCUT2D eigenvalue weighted by atomic mass is 16.1. The molecule has 9 heteroatoms. The lowest BCUT2D eigenvalue weighted by Crippen LogP contribution is -2.45. The molecule has 0 saturated carbocycles. The Morgan fingerprint density at radius 1 is 1.10 bits per heavy atom. The summed E-state index contributed by atoms with van der Waals surface area (Å²) in [6, 6.07) is 8.60. The zero-order valence-electron chi connectivity index (χ0n) is 16.4. The Hall–Kier alpha value is -3.75. The number of benzene rings is 1. The first-order valence-electron chi connectivity index (χ1n) is 8.99. The lowest BCUT2D eigenvalue weighted by Gasteiger charge is -2.29.